The van der Waals surface area contributed by atoms with E-state index in [1.807, 2.05) is 22.7 Å². The van der Waals surface area contributed by atoms with E-state index < -0.39 is 5.41 Å². The van der Waals surface area contributed by atoms with E-state index in [9.17, 15) is 4.79 Å². The molecule has 3 aromatic heterocycles. The van der Waals surface area contributed by atoms with Crippen molar-refractivity contribution in [2.75, 3.05) is 0 Å². The summed E-state index contributed by atoms with van der Waals surface area (Å²) in [6, 6.07) is 48.0. The minimum atomic E-state index is -0.429. The Morgan fingerprint density at radius 3 is 1.85 bits per heavy atom. The van der Waals surface area contributed by atoms with E-state index in [0.717, 1.165) is 49.4 Å². The second-order valence-corrected chi connectivity index (χ2v) is 13.1. The van der Waals surface area contributed by atoms with E-state index in [1.54, 1.807) is 0 Å². The number of aromatic nitrogens is 2. The van der Waals surface area contributed by atoms with Gasteiger partial charge in [-0.15, -0.1) is 0 Å². The molecule has 0 unspecified atom stereocenters. The van der Waals surface area contributed by atoms with Crippen LogP contribution < -0.4 is 5.56 Å². The average molecular weight is 599 g/mol. The minimum Gasteiger partial charge on any atom is -0.275 e. The summed E-state index contributed by atoms with van der Waals surface area (Å²) >= 11 is 0. The van der Waals surface area contributed by atoms with Crippen molar-refractivity contribution in [3.05, 3.63) is 178 Å². The summed E-state index contributed by atoms with van der Waals surface area (Å²) in [6.07, 6.45) is 1.81. The molecule has 6 aromatic carbocycles. The van der Waals surface area contributed by atoms with Crippen LogP contribution in [0.5, 0.6) is 0 Å². The Bertz CT molecular complexity index is 2850. The molecule has 2 aliphatic carbocycles. The highest BCUT2D eigenvalue weighted by atomic mass is 16.1. The Kier molecular flexibility index (Phi) is 4.60. The third-order valence-electron chi connectivity index (χ3n) is 10.9. The van der Waals surface area contributed by atoms with Gasteiger partial charge in [-0.2, -0.15) is 0 Å². The van der Waals surface area contributed by atoms with Crippen LogP contribution in [0.1, 0.15) is 27.8 Å². The molecule has 218 valence electrons. The van der Waals surface area contributed by atoms with Crippen molar-refractivity contribution >= 4 is 38.0 Å². The Morgan fingerprint density at radius 2 is 1.17 bits per heavy atom. The lowest BCUT2D eigenvalue weighted by atomic mass is 9.70. The van der Waals surface area contributed by atoms with E-state index in [0.29, 0.717) is 5.39 Å². The van der Waals surface area contributed by atoms with E-state index in [2.05, 4.69) is 133 Å². The van der Waals surface area contributed by atoms with Crippen LogP contribution in [0.2, 0.25) is 0 Å². The monoisotopic (exact) mass is 598 g/mol. The second kappa shape index (κ2) is 8.60. The smallest absolute Gasteiger partial charge is 0.263 e. The first-order valence-corrected chi connectivity index (χ1v) is 16.2. The molecule has 3 heterocycles. The normalized spacial score (nSPS) is 13.9. The van der Waals surface area contributed by atoms with Crippen molar-refractivity contribution < 1.29 is 0 Å². The Labute approximate surface area is 270 Å². The average Bonchev–Trinajstić information content (AvgIpc) is 3.72. The molecule has 0 atom stereocenters. The standard InChI is InChI=1S/C44H26N2O/c1-25-10-9-21-45-41(25)26-19-20-27-31-14-8-15-32-34-23-39-33(24-40(34)46(42(31)32)43(47)35(27)22-26)30-13-4-7-18-38(30)44(39)36-16-5-2-11-28(36)29-12-3-6-17-37(29)44/h2-24H,1H3. The summed E-state index contributed by atoms with van der Waals surface area (Å²) in [7, 11) is 0. The van der Waals surface area contributed by atoms with Crippen molar-refractivity contribution in [3.8, 4) is 33.5 Å². The number of rotatable bonds is 1. The maximum absolute atomic E-state index is 14.7. The van der Waals surface area contributed by atoms with Gasteiger partial charge in [0.25, 0.3) is 5.56 Å². The molecule has 2 aliphatic rings. The van der Waals surface area contributed by atoms with Crippen molar-refractivity contribution in [1.82, 2.24) is 9.38 Å². The molecule has 0 radical (unpaired) electrons. The molecule has 3 heteroatoms. The number of nitrogens with zero attached hydrogens (tertiary/aromatic N) is 2. The molecule has 0 fully saturated rings. The fourth-order valence-corrected chi connectivity index (χ4v) is 9.09. The van der Waals surface area contributed by atoms with Gasteiger partial charge in [0.2, 0.25) is 0 Å². The van der Waals surface area contributed by atoms with E-state index in [-0.39, 0.29) is 5.56 Å². The van der Waals surface area contributed by atoms with Crippen molar-refractivity contribution in [3.63, 3.8) is 0 Å². The van der Waals surface area contributed by atoms with Crippen LogP contribution in [0.4, 0.5) is 0 Å². The number of hydrogen-bond donors (Lipinski definition) is 0. The number of benzene rings is 6. The van der Waals surface area contributed by atoms with E-state index in [1.165, 1.54) is 44.5 Å². The van der Waals surface area contributed by atoms with Gasteiger partial charge in [0.05, 0.1) is 22.1 Å². The molecule has 47 heavy (non-hydrogen) atoms. The summed E-state index contributed by atoms with van der Waals surface area (Å²) in [5.41, 5.74) is 14.7. The second-order valence-electron chi connectivity index (χ2n) is 13.1. The fraction of sp³-hybridized carbons (Fsp3) is 0.0455. The van der Waals surface area contributed by atoms with Gasteiger partial charge in [0.1, 0.15) is 0 Å². The molecule has 0 N–H and O–H groups in total. The predicted molar refractivity (Wildman–Crippen MR) is 192 cm³/mol. The first-order valence-electron chi connectivity index (χ1n) is 16.2. The van der Waals surface area contributed by atoms with Gasteiger partial charge in [0, 0.05) is 33.3 Å². The first-order chi connectivity index (χ1) is 23.2. The molecule has 0 bridgehead atoms. The fourth-order valence-electron chi connectivity index (χ4n) is 9.09. The summed E-state index contributed by atoms with van der Waals surface area (Å²) in [5, 5.41) is 4.98. The summed E-state index contributed by atoms with van der Waals surface area (Å²) in [5.74, 6) is 0. The van der Waals surface area contributed by atoms with Crippen LogP contribution in [-0.4, -0.2) is 9.38 Å². The lowest BCUT2D eigenvalue weighted by Crippen LogP contribution is -2.25. The van der Waals surface area contributed by atoms with Crippen LogP contribution in [0.25, 0.3) is 71.5 Å². The minimum absolute atomic E-state index is 0.00615. The van der Waals surface area contributed by atoms with Crippen LogP contribution in [-0.2, 0) is 5.41 Å². The number of fused-ring (bicyclic) bond motifs is 15. The zero-order valence-electron chi connectivity index (χ0n) is 25.6. The van der Waals surface area contributed by atoms with Gasteiger partial charge in [-0.05, 0) is 86.6 Å². The van der Waals surface area contributed by atoms with Gasteiger partial charge in [0.15, 0.2) is 0 Å². The lowest BCUT2D eigenvalue weighted by molar-refractivity contribution is 0.795. The Hall–Kier alpha value is -6.06. The predicted octanol–water partition coefficient (Wildman–Crippen LogP) is 9.91. The van der Waals surface area contributed by atoms with Crippen LogP contribution in [0.15, 0.2) is 144 Å². The quantitative estimate of drug-likeness (QED) is 0.176. The SMILES string of the molecule is Cc1cccnc1-c1ccc2c(c1)c(=O)n1c3cc4c(cc3c3cccc2c31)C1(c2ccccc2-c2ccccc21)c1ccccc1-4. The zero-order chi connectivity index (χ0) is 31.0. The number of pyridine rings is 2. The van der Waals surface area contributed by atoms with Gasteiger partial charge in [-0.25, -0.2) is 0 Å². The highest BCUT2D eigenvalue weighted by Gasteiger charge is 2.51. The van der Waals surface area contributed by atoms with E-state index in [4.69, 9.17) is 0 Å². The summed E-state index contributed by atoms with van der Waals surface area (Å²) in [6.45, 7) is 2.06. The molecule has 9 aromatic rings. The van der Waals surface area contributed by atoms with Crippen molar-refractivity contribution in [1.29, 1.82) is 0 Å². The third-order valence-corrected chi connectivity index (χ3v) is 10.9. The lowest BCUT2D eigenvalue weighted by Gasteiger charge is -2.30. The number of hydrogen-bond acceptors (Lipinski definition) is 2. The molecule has 11 rings (SSSR count). The highest BCUT2D eigenvalue weighted by molar-refractivity contribution is 6.21. The van der Waals surface area contributed by atoms with Gasteiger partial charge in [-0.3, -0.25) is 14.2 Å². The maximum atomic E-state index is 14.7. The molecule has 0 saturated heterocycles. The molecule has 0 saturated carbocycles. The van der Waals surface area contributed by atoms with E-state index >= 15 is 0 Å². The van der Waals surface area contributed by atoms with Crippen molar-refractivity contribution in [2.24, 2.45) is 0 Å². The Balaban J connectivity index is 1.30. The van der Waals surface area contributed by atoms with Gasteiger partial charge >= 0.3 is 0 Å². The molecule has 0 amide bonds. The maximum Gasteiger partial charge on any atom is 0.263 e. The topological polar surface area (TPSA) is 34.4 Å². The zero-order valence-corrected chi connectivity index (χ0v) is 25.6. The van der Waals surface area contributed by atoms with Crippen LogP contribution >= 0.6 is 0 Å². The summed E-state index contributed by atoms with van der Waals surface area (Å²) in [4.78, 5) is 19.4. The van der Waals surface area contributed by atoms with Crippen molar-refractivity contribution in [2.45, 2.75) is 12.3 Å². The molecule has 3 nitrogen and oxygen atoms in total. The third kappa shape index (κ3) is 2.89. The first kappa shape index (κ1) is 25.2. The molecule has 0 aliphatic heterocycles. The van der Waals surface area contributed by atoms with Gasteiger partial charge in [-0.1, -0.05) is 109 Å². The largest absolute Gasteiger partial charge is 0.275 e. The number of aryl methyl sites for hydroxylation is 1. The summed E-state index contributed by atoms with van der Waals surface area (Å²) < 4.78 is 1.97. The Morgan fingerprint density at radius 1 is 0.532 bits per heavy atom. The molecule has 1 spiro atoms. The highest BCUT2D eigenvalue weighted by Crippen LogP contribution is 2.63. The van der Waals surface area contributed by atoms with Crippen LogP contribution in [0.3, 0.4) is 0 Å². The van der Waals surface area contributed by atoms with Crippen LogP contribution in [0, 0.1) is 6.92 Å². The molecular weight excluding hydrogens is 572 g/mol. The molecular formula is C44H26N2O. The number of para-hydroxylation sites is 1. The van der Waals surface area contributed by atoms with Gasteiger partial charge < -0.3 is 0 Å².